The van der Waals surface area contributed by atoms with Crippen molar-refractivity contribution < 1.29 is 4.74 Å². The van der Waals surface area contributed by atoms with E-state index < -0.39 is 0 Å². The van der Waals surface area contributed by atoms with Crippen LogP contribution >= 0.6 is 35.3 Å². The van der Waals surface area contributed by atoms with Crippen LogP contribution in [0.5, 0.6) is 0 Å². The van der Waals surface area contributed by atoms with Crippen molar-refractivity contribution in [3.8, 4) is 0 Å². The zero-order chi connectivity index (χ0) is 17.6. The predicted octanol–water partition coefficient (Wildman–Crippen LogP) is 3.62. The third-order valence-electron chi connectivity index (χ3n) is 5.38. The fraction of sp³-hybridized carbons (Fsp3) is 0.737. The number of aliphatic imine (C=N–C) groups is 1. The van der Waals surface area contributed by atoms with Gasteiger partial charge >= 0.3 is 0 Å². The Balaban J connectivity index is 0.00000243. The molecule has 0 saturated carbocycles. The molecule has 148 valence electrons. The van der Waals surface area contributed by atoms with Crippen LogP contribution in [0.4, 0.5) is 0 Å². The van der Waals surface area contributed by atoms with Gasteiger partial charge in [-0.25, -0.2) is 0 Å². The van der Waals surface area contributed by atoms with Crippen molar-refractivity contribution in [1.82, 2.24) is 15.5 Å². The first kappa shape index (κ1) is 21.9. The summed E-state index contributed by atoms with van der Waals surface area (Å²) in [6.45, 7) is 10.3. The number of rotatable bonds is 8. The molecule has 3 rings (SSSR count). The second-order valence-electron chi connectivity index (χ2n) is 6.87. The molecule has 1 aromatic rings. The number of hydrogen-bond donors (Lipinski definition) is 2. The van der Waals surface area contributed by atoms with Crippen LogP contribution < -0.4 is 10.6 Å². The molecular weight excluding hydrogens is 459 g/mol. The molecule has 0 aromatic carbocycles. The molecule has 1 aromatic heterocycles. The second kappa shape index (κ2) is 10.8. The van der Waals surface area contributed by atoms with Crippen LogP contribution in [0.1, 0.15) is 51.6 Å². The molecule has 4 atom stereocenters. The van der Waals surface area contributed by atoms with Gasteiger partial charge in [0, 0.05) is 6.54 Å². The first-order valence-corrected chi connectivity index (χ1v) is 10.7. The predicted molar refractivity (Wildman–Crippen MR) is 121 cm³/mol. The summed E-state index contributed by atoms with van der Waals surface area (Å²) < 4.78 is 5.97. The maximum atomic E-state index is 5.97. The van der Waals surface area contributed by atoms with Gasteiger partial charge in [-0.3, -0.25) is 9.89 Å². The fourth-order valence-electron chi connectivity index (χ4n) is 4.02. The Morgan fingerprint density at radius 1 is 1.35 bits per heavy atom. The number of nitrogens with zero attached hydrogens (tertiary/aromatic N) is 2. The number of thiophene rings is 1. The van der Waals surface area contributed by atoms with Crippen LogP contribution in [-0.2, 0) is 4.74 Å². The van der Waals surface area contributed by atoms with Crippen molar-refractivity contribution in [1.29, 1.82) is 0 Å². The first-order chi connectivity index (χ1) is 12.2. The summed E-state index contributed by atoms with van der Waals surface area (Å²) in [5.41, 5.74) is 1.37. The van der Waals surface area contributed by atoms with Crippen LogP contribution in [0, 0.1) is 0 Å². The topological polar surface area (TPSA) is 48.9 Å². The van der Waals surface area contributed by atoms with Gasteiger partial charge in [0.05, 0.1) is 30.8 Å². The van der Waals surface area contributed by atoms with E-state index in [9.17, 15) is 0 Å². The van der Waals surface area contributed by atoms with E-state index in [1.165, 1.54) is 18.4 Å². The van der Waals surface area contributed by atoms with Gasteiger partial charge in [-0.1, -0.05) is 13.8 Å². The number of hydrogen-bond acceptors (Lipinski definition) is 4. The lowest BCUT2D eigenvalue weighted by atomic mass is 9.96. The molecule has 2 bridgehead atoms. The molecule has 7 heteroatoms. The standard InChI is InChI=1S/C19H32N4OS.HI/c1-4-20-19(22-16-11-15-7-8-18(16)24-15)21-12-17(23(5-2)6-3)14-9-10-25-13-14;/h9-10,13,15-18H,4-8,11-12H2,1-3H3,(H2,20,21,22);1H. The van der Waals surface area contributed by atoms with E-state index in [0.717, 1.165) is 38.6 Å². The van der Waals surface area contributed by atoms with Crippen molar-refractivity contribution in [3.05, 3.63) is 22.4 Å². The Morgan fingerprint density at radius 2 is 2.15 bits per heavy atom. The first-order valence-electron chi connectivity index (χ1n) is 9.71. The molecule has 2 saturated heterocycles. The summed E-state index contributed by atoms with van der Waals surface area (Å²) in [6.07, 6.45) is 4.33. The molecule has 0 amide bonds. The minimum Gasteiger partial charge on any atom is -0.373 e. The summed E-state index contributed by atoms with van der Waals surface area (Å²) in [5, 5.41) is 11.4. The van der Waals surface area contributed by atoms with E-state index in [2.05, 4.69) is 53.1 Å². The van der Waals surface area contributed by atoms with E-state index in [0.29, 0.717) is 24.3 Å². The number of ether oxygens (including phenoxy) is 1. The van der Waals surface area contributed by atoms with E-state index in [1.54, 1.807) is 11.3 Å². The highest BCUT2D eigenvalue weighted by molar-refractivity contribution is 14.0. The van der Waals surface area contributed by atoms with E-state index in [1.807, 2.05) is 0 Å². The number of halogens is 1. The van der Waals surface area contributed by atoms with Crippen molar-refractivity contribution in [2.24, 2.45) is 4.99 Å². The number of guanidine groups is 1. The number of nitrogens with one attached hydrogen (secondary N) is 2. The second-order valence-corrected chi connectivity index (χ2v) is 7.65. The van der Waals surface area contributed by atoms with Crippen LogP contribution in [0.2, 0.25) is 0 Å². The summed E-state index contributed by atoms with van der Waals surface area (Å²) in [5.74, 6) is 0.927. The molecule has 0 spiro atoms. The molecule has 2 N–H and O–H groups in total. The van der Waals surface area contributed by atoms with Crippen LogP contribution in [0.25, 0.3) is 0 Å². The number of fused-ring (bicyclic) bond motifs is 2. The largest absolute Gasteiger partial charge is 0.373 e. The lowest BCUT2D eigenvalue weighted by molar-refractivity contribution is 0.0992. The van der Waals surface area contributed by atoms with Crippen LogP contribution in [0.3, 0.4) is 0 Å². The zero-order valence-electron chi connectivity index (χ0n) is 16.1. The van der Waals surface area contributed by atoms with Gasteiger partial charge in [0.2, 0.25) is 0 Å². The third-order valence-corrected chi connectivity index (χ3v) is 6.08. The monoisotopic (exact) mass is 492 g/mol. The SMILES string of the molecule is CCNC(=NCC(c1ccsc1)N(CC)CC)NC1CC2CCC1O2.I. The van der Waals surface area contributed by atoms with Crippen molar-refractivity contribution in [2.45, 2.75) is 64.3 Å². The van der Waals surface area contributed by atoms with Gasteiger partial charge in [-0.2, -0.15) is 11.3 Å². The normalized spacial score (nSPS) is 26.0. The van der Waals surface area contributed by atoms with Crippen LogP contribution in [-0.4, -0.2) is 55.3 Å². The Labute approximate surface area is 179 Å². The molecule has 4 unspecified atom stereocenters. The maximum Gasteiger partial charge on any atom is 0.191 e. The highest BCUT2D eigenvalue weighted by atomic mass is 127. The van der Waals surface area contributed by atoms with Gasteiger partial charge in [-0.05, 0) is 61.7 Å². The summed E-state index contributed by atoms with van der Waals surface area (Å²) in [4.78, 5) is 7.42. The van der Waals surface area contributed by atoms with Gasteiger partial charge in [0.1, 0.15) is 0 Å². The molecule has 0 aliphatic carbocycles. The van der Waals surface area contributed by atoms with Crippen molar-refractivity contribution >= 4 is 41.3 Å². The zero-order valence-corrected chi connectivity index (χ0v) is 19.3. The maximum absolute atomic E-state index is 5.97. The molecule has 3 heterocycles. The minimum atomic E-state index is 0. The van der Waals surface area contributed by atoms with Crippen LogP contribution in [0.15, 0.2) is 21.8 Å². The molecule has 0 radical (unpaired) electrons. The molecule has 2 fully saturated rings. The Bertz CT molecular complexity index is 550. The lowest BCUT2D eigenvalue weighted by Crippen LogP contribution is -2.47. The average molecular weight is 492 g/mol. The quantitative estimate of drug-likeness (QED) is 0.331. The average Bonchev–Trinajstić information content (AvgIpc) is 3.36. The van der Waals surface area contributed by atoms with Gasteiger partial charge in [-0.15, -0.1) is 24.0 Å². The fourth-order valence-corrected chi connectivity index (χ4v) is 4.73. The van der Waals surface area contributed by atoms with Crippen molar-refractivity contribution in [2.75, 3.05) is 26.2 Å². The summed E-state index contributed by atoms with van der Waals surface area (Å²) in [7, 11) is 0. The van der Waals surface area contributed by atoms with E-state index in [4.69, 9.17) is 9.73 Å². The molecule has 5 nitrogen and oxygen atoms in total. The molecule has 26 heavy (non-hydrogen) atoms. The highest BCUT2D eigenvalue weighted by Gasteiger charge is 2.41. The minimum absolute atomic E-state index is 0. The third kappa shape index (κ3) is 5.33. The highest BCUT2D eigenvalue weighted by Crippen LogP contribution is 2.34. The summed E-state index contributed by atoms with van der Waals surface area (Å²) >= 11 is 1.76. The Hall–Kier alpha value is -0.380. The molecule has 2 aliphatic heterocycles. The molecular formula is C19H33IN4OS. The lowest BCUT2D eigenvalue weighted by Gasteiger charge is -2.29. The van der Waals surface area contributed by atoms with E-state index in [-0.39, 0.29) is 24.0 Å². The van der Waals surface area contributed by atoms with E-state index >= 15 is 0 Å². The number of likely N-dealkylation sites (N-methyl/N-ethyl adjacent to an activating group) is 1. The summed E-state index contributed by atoms with van der Waals surface area (Å²) in [6, 6.07) is 2.98. The smallest absolute Gasteiger partial charge is 0.191 e. The Kier molecular flexibility index (Phi) is 9.12. The molecule has 2 aliphatic rings. The van der Waals surface area contributed by atoms with Gasteiger partial charge in [0.15, 0.2) is 5.96 Å². The van der Waals surface area contributed by atoms with Gasteiger partial charge < -0.3 is 15.4 Å². The Morgan fingerprint density at radius 3 is 2.69 bits per heavy atom. The van der Waals surface area contributed by atoms with Crippen molar-refractivity contribution in [3.63, 3.8) is 0 Å². The van der Waals surface area contributed by atoms with Gasteiger partial charge in [0.25, 0.3) is 0 Å².